The van der Waals surface area contributed by atoms with E-state index in [1.165, 1.54) is 6.20 Å². The van der Waals surface area contributed by atoms with Crippen molar-refractivity contribution in [3.63, 3.8) is 0 Å². The largest absolute Gasteiger partial charge is 0.307 e. The first kappa shape index (κ1) is 10.1. The van der Waals surface area contributed by atoms with E-state index in [0.717, 1.165) is 0 Å². The predicted octanol–water partition coefficient (Wildman–Crippen LogP) is 1.39. The first-order valence-electron chi connectivity index (χ1n) is 4.71. The molecule has 0 saturated carbocycles. The van der Waals surface area contributed by atoms with Crippen LogP contribution in [0.5, 0.6) is 0 Å². The van der Waals surface area contributed by atoms with Gasteiger partial charge in [-0.05, 0) is 18.6 Å². The Balaban J connectivity index is 2.26. The third kappa shape index (κ3) is 1.99. The summed E-state index contributed by atoms with van der Waals surface area (Å²) in [5, 5.41) is 3.26. The smallest absolute Gasteiger partial charge is 0.250 e. The van der Waals surface area contributed by atoms with Crippen LogP contribution in [-0.4, -0.2) is 22.8 Å². The Morgan fingerprint density at radius 3 is 2.87 bits per heavy atom. The third-order valence-corrected chi connectivity index (χ3v) is 2.41. The van der Waals surface area contributed by atoms with Crippen LogP contribution in [0.25, 0.3) is 0 Å². The molecule has 2 rings (SSSR count). The van der Waals surface area contributed by atoms with Gasteiger partial charge in [-0.15, -0.1) is 0 Å². The molecule has 1 unspecified atom stereocenters. The van der Waals surface area contributed by atoms with Crippen molar-refractivity contribution in [2.45, 2.75) is 19.4 Å². The van der Waals surface area contributed by atoms with E-state index in [9.17, 15) is 4.79 Å². The van der Waals surface area contributed by atoms with Crippen LogP contribution in [-0.2, 0) is 4.79 Å². The number of aliphatic imine (C=N–C) groups is 1. The lowest BCUT2D eigenvalue weighted by molar-refractivity contribution is -0.120. The van der Waals surface area contributed by atoms with E-state index in [0.29, 0.717) is 23.0 Å². The lowest BCUT2D eigenvalue weighted by atomic mass is 10.2. The second-order valence-electron chi connectivity index (χ2n) is 3.25. The van der Waals surface area contributed by atoms with Gasteiger partial charge in [-0.3, -0.25) is 14.8 Å². The van der Waals surface area contributed by atoms with E-state index in [-0.39, 0.29) is 11.9 Å². The predicted molar refractivity (Wildman–Crippen MR) is 58.0 cm³/mol. The number of amidine groups is 1. The molecule has 1 aliphatic rings. The molecule has 0 aliphatic carbocycles. The molecule has 2 heterocycles. The Bertz CT molecular complexity index is 413. The van der Waals surface area contributed by atoms with Crippen LogP contribution in [0.15, 0.2) is 23.3 Å². The van der Waals surface area contributed by atoms with Crippen molar-refractivity contribution in [2.75, 3.05) is 0 Å². The molecule has 1 aliphatic heterocycles. The maximum atomic E-state index is 11.4. The lowest BCUT2D eigenvalue weighted by Gasteiger charge is -1.99. The normalized spacial score (nSPS) is 20.0. The number of nitrogens with one attached hydrogen (secondary N) is 1. The van der Waals surface area contributed by atoms with E-state index in [4.69, 9.17) is 11.6 Å². The number of nitrogens with zero attached hydrogens (tertiary/aromatic N) is 2. The van der Waals surface area contributed by atoms with Crippen LogP contribution in [0.1, 0.15) is 19.0 Å². The summed E-state index contributed by atoms with van der Waals surface area (Å²) >= 11 is 5.71. The molecule has 1 atom stereocenters. The van der Waals surface area contributed by atoms with Gasteiger partial charge >= 0.3 is 0 Å². The van der Waals surface area contributed by atoms with E-state index < -0.39 is 0 Å². The molecular formula is C10H10ClN3O. The molecule has 5 heteroatoms. The standard InChI is InChI=1S/C10H10ClN3O/c1-2-7-10(15)14-9(13-7)8-4-3-6(11)5-12-8/h3-5,7H,2H2,1H3,(H,13,14,15). The van der Waals surface area contributed by atoms with E-state index in [1.54, 1.807) is 12.1 Å². The van der Waals surface area contributed by atoms with Gasteiger partial charge in [0.1, 0.15) is 11.7 Å². The average molecular weight is 224 g/mol. The van der Waals surface area contributed by atoms with Crippen LogP contribution < -0.4 is 5.32 Å². The quantitative estimate of drug-likeness (QED) is 0.824. The minimum atomic E-state index is -0.280. The van der Waals surface area contributed by atoms with Gasteiger partial charge in [0.2, 0.25) is 5.91 Å². The molecule has 15 heavy (non-hydrogen) atoms. The molecule has 0 saturated heterocycles. The zero-order valence-corrected chi connectivity index (χ0v) is 8.95. The molecule has 0 fully saturated rings. The number of amides is 1. The van der Waals surface area contributed by atoms with Crippen molar-refractivity contribution in [2.24, 2.45) is 4.99 Å². The second-order valence-corrected chi connectivity index (χ2v) is 3.69. The van der Waals surface area contributed by atoms with Crippen LogP contribution in [0.3, 0.4) is 0 Å². The first-order chi connectivity index (χ1) is 7.20. The summed E-state index contributed by atoms with van der Waals surface area (Å²) in [6.07, 6.45) is 2.23. The average Bonchev–Trinajstić information content (AvgIpc) is 2.61. The van der Waals surface area contributed by atoms with Crippen molar-refractivity contribution in [1.29, 1.82) is 0 Å². The Labute approximate surface area is 92.4 Å². The molecule has 0 bridgehead atoms. The maximum Gasteiger partial charge on any atom is 0.250 e. The lowest BCUT2D eigenvalue weighted by Crippen LogP contribution is -2.29. The van der Waals surface area contributed by atoms with Gasteiger partial charge < -0.3 is 5.32 Å². The Kier molecular flexibility index (Phi) is 2.68. The summed E-state index contributed by atoms with van der Waals surface area (Å²) < 4.78 is 0. The number of carbonyl (C=O) groups excluding carboxylic acids is 1. The minimum absolute atomic E-state index is 0.0655. The molecule has 1 aromatic heterocycles. The molecule has 78 valence electrons. The minimum Gasteiger partial charge on any atom is -0.307 e. The Morgan fingerprint density at radius 1 is 1.53 bits per heavy atom. The van der Waals surface area contributed by atoms with Crippen LogP contribution in [0.4, 0.5) is 0 Å². The van der Waals surface area contributed by atoms with Gasteiger partial charge in [0.05, 0.1) is 5.02 Å². The van der Waals surface area contributed by atoms with Gasteiger partial charge in [-0.1, -0.05) is 18.5 Å². The van der Waals surface area contributed by atoms with Crippen molar-refractivity contribution in [3.05, 3.63) is 29.0 Å². The number of hydrogen-bond acceptors (Lipinski definition) is 3. The molecule has 1 aromatic rings. The number of halogens is 1. The fourth-order valence-electron chi connectivity index (χ4n) is 1.37. The van der Waals surface area contributed by atoms with Crippen molar-refractivity contribution in [3.8, 4) is 0 Å². The van der Waals surface area contributed by atoms with Crippen LogP contribution in [0.2, 0.25) is 5.02 Å². The fourth-order valence-corrected chi connectivity index (χ4v) is 1.48. The van der Waals surface area contributed by atoms with E-state index >= 15 is 0 Å². The monoisotopic (exact) mass is 223 g/mol. The summed E-state index contributed by atoms with van der Waals surface area (Å²) in [7, 11) is 0. The summed E-state index contributed by atoms with van der Waals surface area (Å²) in [5.74, 6) is 0.466. The molecule has 4 nitrogen and oxygen atoms in total. The second kappa shape index (κ2) is 3.98. The molecule has 0 aromatic carbocycles. The number of rotatable bonds is 2. The summed E-state index contributed by atoms with van der Waals surface area (Å²) in [4.78, 5) is 19.7. The van der Waals surface area contributed by atoms with Crippen molar-refractivity contribution in [1.82, 2.24) is 10.3 Å². The Hall–Kier alpha value is -1.42. The summed E-state index contributed by atoms with van der Waals surface area (Å²) in [6.45, 7) is 1.92. The maximum absolute atomic E-state index is 11.4. The van der Waals surface area contributed by atoms with E-state index in [1.807, 2.05) is 6.92 Å². The summed E-state index contributed by atoms with van der Waals surface area (Å²) in [6, 6.07) is 3.18. The highest BCUT2D eigenvalue weighted by atomic mass is 35.5. The fraction of sp³-hybridized carbons (Fsp3) is 0.300. The zero-order chi connectivity index (χ0) is 10.8. The zero-order valence-electron chi connectivity index (χ0n) is 8.20. The molecule has 0 spiro atoms. The van der Waals surface area contributed by atoms with Gasteiger partial charge in [-0.2, -0.15) is 0 Å². The number of aromatic nitrogens is 1. The molecular weight excluding hydrogens is 214 g/mol. The van der Waals surface area contributed by atoms with Gasteiger partial charge in [0, 0.05) is 6.20 Å². The van der Waals surface area contributed by atoms with E-state index in [2.05, 4.69) is 15.3 Å². The molecule has 1 amide bonds. The van der Waals surface area contributed by atoms with Gasteiger partial charge in [0.25, 0.3) is 0 Å². The van der Waals surface area contributed by atoms with Crippen molar-refractivity contribution >= 4 is 23.3 Å². The number of carbonyl (C=O) groups is 1. The molecule has 1 N–H and O–H groups in total. The Morgan fingerprint density at radius 2 is 2.33 bits per heavy atom. The molecule has 0 radical (unpaired) electrons. The van der Waals surface area contributed by atoms with Gasteiger partial charge in [0.15, 0.2) is 5.84 Å². The SMILES string of the molecule is CCC1N=C(c2ccc(Cl)cn2)NC1=O. The third-order valence-electron chi connectivity index (χ3n) is 2.19. The topological polar surface area (TPSA) is 54.4 Å². The summed E-state index contributed by atoms with van der Waals surface area (Å²) in [5.41, 5.74) is 0.642. The number of pyridine rings is 1. The van der Waals surface area contributed by atoms with Crippen LogP contribution in [0, 0.1) is 0 Å². The first-order valence-corrected chi connectivity index (χ1v) is 5.09. The highest BCUT2D eigenvalue weighted by Gasteiger charge is 2.25. The highest BCUT2D eigenvalue weighted by Crippen LogP contribution is 2.11. The van der Waals surface area contributed by atoms with Crippen molar-refractivity contribution < 1.29 is 4.79 Å². The number of hydrogen-bond donors (Lipinski definition) is 1. The van der Waals surface area contributed by atoms with Crippen LogP contribution >= 0.6 is 11.6 Å². The highest BCUT2D eigenvalue weighted by molar-refractivity contribution is 6.30. The van der Waals surface area contributed by atoms with Gasteiger partial charge in [-0.25, -0.2) is 0 Å².